The molecule has 0 saturated carbocycles. The number of aromatic nitrogens is 2. The zero-order valence-corrected chi connectivity index (χ0v) is 14.9. The molecule has 0 radical (unpaired) electrons. The van der Waals surface area contributed by atoms with Gasteiger partial charge >= 0.3 is 0 Å². The molecule has 2 nitrogen and oxygen atoms in total. The predicted molar refractivity (Wildman–Crippen MR) is 91.0 cm³/mol. The standard InChI is InChI=1S/C14H7BrClF2IN2/c15-7-2-1-3-8(17)14(7)21-12-4-9(18)10(19)5-11(12)20-13(21)6-16/h1-5H,6H2. The number of imidazole rings is 1. The Morgan fingerprint density at radius 2 is 2.00 bits per heavy atom. The molecule has 108 valence electrons. The normalized spacial score (nSPS) is 11.3. The summed E-state index contributed by atoms with van der Waals surface area (Å²) >= 11 is 11.1. The van der Waals surface area contributed by atoms with Crippen molar-refractivity contribution in [1.82, 2.24) is 9.55 Å². The maximum atomic E-state index is 14.2. The third-order valence-electron chi connectivity index (χ3n) is 3.05. The van der Waals surface area contributed by atoms with Gasteiger partial charge in [-0.25, -0.2) is 13.8 Å². The lowest BCUT2D eigenvalue weighted by Gasteiger charge is -2.11. The number of alkyl halides is 1. The summed E-state index contributed by atoms with van der Waals surface area (Å²) in [5, 5.41) is 0. The van der Waals surface area contributed by atoms with Gasteiger partial charge < -0.3 is 0 Å². The lowest BCUT2D eigenvalue weighted by molar-refractivity contribution is 0.614. The van der Waals surface area contributed by atoms with Crippen molar-refractivity contribution < 1.29 is 8.78 Å². The van der Waals surface area contributed by atoms with E-state index in [1.165, 1.54) is 12.1 Å². The van der Waals surface area contributed by atoms with Crippen LogP contribution in [0.15, 0.2) is 34.8 Å². The second-order valence-electron chi connectivity index (χ2n) is 4.32. The van der Waals surface area contributed by atoms with Gasteiger partial charge in [-0.2, -0.15) is 0 Å². The minimum Gasteiger partial charge on any atom is -0.291 e. The second kappa shape index (κ2) is 5.81. The van der Waals surface area contributed by atoms with E-state index in [9.17, 15) is 8.78 Å². The first-order valence-corrected chi connectivity index (χ1v) is 8.30. The van der Waals surface area contributed by atoms with E-state index in [0.29, 0.717) is 24.9 Å². The van der Waals surface area contributed by atoms with Crippen LogP contribution in [0.25, 0.3) is 16.7 Å². The Kier molecular flexibility index (Phi) is 4.20. The Balaban J connectivity index is 2.43. The molecule has 3 rings (SSSR count). The molecule has 0 N–H and O–H groups in total. The number of fused-ring (bicyclic) bond motifs is 1. The minimum absolute atomic E-state index is 0.0909. The molecule has 0 amide bonds. The fraction of sp³-hybridized carbons (Fsp3) is 0.0714. The summed E-state index contributed by atoms with van der Waals surface area (Å²) in [6.07, 6.45) is 0. The van der Waals surface area contributed by atoms with Gasteiger partial charge in [0.2, 0.25) is 0 Å². The first-order valence-electron chi connectivity index (χ1n) is 5.89. The fourth-order valence-electron chi connectivity index (χ4n) is 2.16. The van der Waals surface area contributed by atoms with Gasteiger partial charge in [-0.05, 0) is 56.7 Å². The van der Waals surface area contributed by atoms with E-state index in [4.69, 9.17) is 11.6 Å². The van der Waals surface area contributed by atoms with Crippen LogP contribution < -0.4 is 0 Å². The van der Waals surface area contributed by atoms with E-state index in [-0.39, 0.29) is 17.4 Å². The monoisotopic (exact) mass is 482 g/mol. The fourth-order valence-corrected chi connectivity index (χ4v) is 3.31. The smallest absolute Gasteiger partial charge is 0.148 e. The van der Waals surface area contributed by atoms with E-state index in [0.717, 1.165) is 0 Å². The molecule has 3 aromatic rings. The number of hydrogen-bond acceptors (Lipinski definition) is 1. The minimum atomic E-state index is -0.436. The van der Waals surface area contributed by atoms with Gasteiger partial charge in [0.1, 0.15) is 17.5 Å². The largest absolute Gasteiger partial charge is 0.291 e. The zero-order chi connectivity index (χ0) is 15.1. The van der Waals surface area contributed by atoms with Gasteiger partial charge in [0.15, 0.2) is 0 Å². The van der Waals surface area contributed by atoms with Crippen molar-refractivity contribution in [2.24, 2.45) is 0 Å². The van der Waals surface area contributed by atoms with Crippen molar-refractivity contribution >= 4 is 61.2 Å². The Morgan fingerprint density at radius 3 is 2.67 bits per heavy atom. The third-order valence-corrected chi connectivity index (χ3v) is 4.75. The molecule has 2 aromatic carbocycles. The van der Waals surface area contributed by atoms with Crippen LogP contribution in [0, 0.1) is 15.2 Å². The predicted octanol–water partition coefficient (Wildman–Crippen LogP) is 5.41. The van der Waals surface area contributed by atoms with E-state index >= 15 is 0 Å². The van der Waals surface area contributed by atoms with Crippen LogP contribution >= 0.6 is 50.1 Å². The van der Waals surface area contributed by atoms with Gasteiger partial charge in [-0.15, -0.1) is 11.6 Å². The van der Waals surface area contributed by atoms with E-state index < -0.39 is 5.82 Å². The van der Waals surface area contributed by atoms with Crippen molar-refractivity contribution in [3.05, 3.63) is 55.8 Å². The average Bonchev–Trinajstić information content (AvgIpc) is 2.77. The summed E-state index contributed by atoms with van der Waals surface area (Å²) in [4.78, 5) is 4.36. The van der Waals surface area contributed by atoms with Crippen molar-refractivity contribution in [2.45, 2.75) is 5.88 Å². The molecule has 0 bridgehead atoms. The Morgan fingerprint density at radius 1 is 1.24 bits per heavy atom. The zero-order valence-electron chi connectivity index (χ0n) is 10.4. The van der Waals surface area contributed by atoms with Crippen molar-refractivity contribution in [3.63, 3.8) is 0 Å². The van der Waals surface area contributed by atoms with Crippen LogP contribution in [-0.4, -0.2) is 9.55 Å². The van der Waals surface area contributed by atoms with Crippen LogP contribution in [0.5, 0.6) is 0 Å². The Bertz CT molecular complexity index is 830. The number of rotatable bonds is 2. The molecular weight excluding hydrogens is 476 g/mol. The molecular formula is C14H7BrClF2IN2. The maximum absolute atomic E-state index is 14.2. The number of nitrogens with zero attached hydrogens (tertiary/aromatic N) is 2. The molecule has 0 aliphatic carbocycles. The molecule has 7 heteroatoms. The van der Waals surface area contributed by atoms with E-state index in [2.05, 4.69) is 20.9 Å². The maximum Gasteiger partial charge on any atom is 0.148 e. The third kappa shape index (κ3) is 2.57. The van der Waals surface area contributed by atoms with Crippen LogP contribution in [0.1, 0.15) is 5.82 Å². The van der Waals surface area contributed by atoms with Gasteiger partial charge in [0.05, 0.1) is 26.2 Å². The van der Waals surface area contributed by atoms with Crippen molar-refractivity contribution in [2.75, 3.05) is 0 Å². The summed E-state index contributed by atoms with van der Waals surface area (Å²) in [7, 11) is 0. The molecule has 21 heavy (non-hydrogen) atoms. The summed E-state index contributed by atoms with van der Waals surface area (Å²) < 4.78 is 30.6. The van der Waals surface area contributed by atoms with Gasteiger partial charge in [-0.3, -0.25) is 4.57 Å². The van der Waals surface area contributed by atoms with Crippen LogP contribution in [0.2, 0.25) is 0 Å². The highest BCUT2D eigenvalue weighted by atomic mass is 127. The highest BCUT2D eigenvalue weighted by Crippen LogP contribution is 2.31. The van der Waals surface area contributed by atoms with E-state index in [1.54, 1.807) is 22.8 Å². The van der Waals surface area contributed by atoms with Gasteiger partial charge in [0, 0.05) is 10.5 Å². The van der Waals surface area contributed by atoms with Crippen molar-refractivity contribution in [1.29, 1.82) is 0 Å². The molecule has 0 unspecified atom stereocenters. The number of halogens is 5. The number of para-hydroxylation sites is 1. The number of benzene rings is 2. The lowest BCUT2D eigenvalue weighted by Crippen LogP contribution is -2.03. The van der Waals surface area contributed by atoms with Gasteiger partial charge in [-0.1, -0.05) is 6.07 Å². The SMILES string of the molecule is Fc1cc2c(cc1I)nc(CCl)n2-c1c(F)cccc1Br. The summed E-state index contributed by atoms with van der Waals surface area (Å²) in [5.41, 5.74) is 1.33. The summed E-state index contributed by atoms with van der Waals surface area (Å²) in [6.45, 7) is 0. The van der Waals surface area contributed by atoms with Crippen LogP contribution in [0.4, 0.5) is 8.78 Å². The molecule has 0 aliphatic rings. The second-order valence-corrected chi connectivity index (χ2v) is 6.61. The van der Waals surface area contributed by atoms with Crippen LogP contribution in [0.3, 0.4) is 0 Å². The number of hydrogen-bond donors (Lipinski definition) is 0. The molecule has 0 spiro atoms. The molecule has 0 aliphatic heterocycles. The quantitative estimate of drug-likeness (QED) is 0.352. The first-order chi connectivity index (χ1) is 10.0. The summed E-state index contributed by atoms with van der Waals surface area (Å²) in [5.74, 6) is -0.265. The highest BCUT2D eigenvalue weighted by Gasteiger charge is 2.18. The average molecular weight is 483 g/mol. The van der Waals surface area contributed by atoms with Gasteiger partial charge in [0.25, 0.3) is 0 Å². The Hall–Kier alpha value is -0.730. The lowest BCUT2D eigenvalue weighted by atomic mass is 10.2. The molecule has 0 saturated heterocycles. The first kappa shape index (κ1) is 15.2. The van der Waals surface area contributed by atoms with Crippen molar-refractivity contribution in [3.8, 4) is 5.69 Å². The Labute approximate surface area is 146 Å². The van der Waals surface area contributed by atoms with Crippen LogP contribution in [-0.2, 0) is 5.88 Å². The molecule has 0 atom stereocenters. The van der Waals surface area contributed by atoms with E-state index in [1.807, 2.05) is 22.6 Å². The molecule has 0 fully saturated rings. The highest BCUT2D eigenvalue weighted by molar-refractivity contribution is 14.1. The molecule has 1 heterocycles. The topological polar surface area (TPSA) is 17.8 Å². The molecule has 1 aromatic heterocycles. The summed E-state index contributed by atoms with van der Waals surface area (Å²) in [6, 6.07) is 7.61.